The molecule has 0 aliphatic carbocycles. The van der Waals surface area contributed by atoms with Gasteiger partial charge in [-0.15, -0.1) is 0 Å². The van der Waals surface area contributed by atoms with Gasteiger partial charge in [-0.3, -0.25) is 14.4 Å². The van der Waals surface area contributed by atoms with Crippen molar-refractivity contribution in [1.29, 1.82) is 0 Å². The number of carbonyl (C=O) groups excluding carboxylic acids is 4. The summed E-state index contributed by atoms with van der Waals surface area (Å²) >= 11 is 0.872. The molecular formula is C19H28N2O9S. The van der Waals surface area contributed by atoms with Crippen molar-refractivity contribution in [2.24, 2.45) is 5.41 Å². The van der Waals surface area contributed by atoms with Gasteiger partial charge in [0.15, 0.2) is 0 Å². The van der Waals surface area contributed by atoms with Crippen molar-refractivity contribution in [1.82, 2.24) is 10.6 Å². The van der Waals surface area contributed by atoms with Crippen molar-refractivity contribution < 1.29 is 43.3 Å². The summed E-state index contributed by atoms with van der Waals surface area (Å²) in [5.41, 5.74) is -0.710. The topological polar surface area (TPSA) is 157 Å². The minimum absolute atomic E-state index is 0.00118. The fourth-order valence-corrected chi connectivity index (χ4v) is 3.10. The summed E-state index contributed by atoms with van der Waals surface area (Å²) in [4.78, 5) is 58.0. The van der Waals surface area contributed by atoms with E-state index in [9.17, 15) is 24.0 Å². The van der Waals surface area contributed by atoms with E-state index in [-0.39, 0.29) is 37.8 Å². The van der Waals surface area contributed by atoms with Gasteiger partial charge in [-0.1, -0.05) is 25.6 Å². The largest absolute Gasteiger partial charge is 0.478 e. The Labute approximate surface area is 184 Å². The van der Waals surface area contributed by atoms with Gasteiger partial charge in [0.25, 0.3) is 5.79 Å². The molecular weight excluding hydrogens is 432 g/mol. The first kappa shape index (κ1) is 26.6. The van der Waals surface area contributed by atoms with Gasteiger partial charge in [-0.05, 0) is 6.08 Å². The predicted molar refractivity (Wildman–Crippen MR) is 110 cm³/mol. The van der Waals surface area contributed by atoms with Crippen LogP contribution < -0.4 is 10.6 Å². The maximum Gasteiger partial charge on any atom is 0.366 e. The van der Waals surface area contributed by atoms with E-state index in [1.54, 1.807) is 13.8 Å². The molecule has 2 atom stereocenters. The van der Waals surface area contributed by atoms with Gasteiger partial charge in [0, 0.05) is 43.7 Å². The number of hydrogen-bond donors (Lipinski definition) is 3. The van der Waals surface area contributed by atoms with E-state index >= 15 is 0 Å². The Bertz CT molecular complexity index is 738. The predicted octanol–water partition coefficient (Wildman–Crippen LogP) is -0.160. The molecule has 1 saturated heterocycles. The molecule has 2 amide bonds. The summed E-state index contributed by atoms with van der Waals surface area (Å²) in [5.74, 6) is -4.21. The van der Waals surface area contributed by atoms with E-state index in [2.05, 4.69) is 15.4 Å². The zero-order valence-electron chi connectivity index (χ0n) is 17.9. The second kappa shape index (κ2) is 11.8. The number of aliphatic carboxylic acids is 1. The number of hydrogen-bond acceptors (Lipinski definition) is 9. The summed E-state index contributed by atoms with van der Waals surface area (Å²) in [7, 11) is 1.19. The van der Waals surface area contributed by atoms with Crippen molar-refractivity contribution in [3.05, 3.63) is 12.2 Å². The molecule has 0 radical (unpaired) electrons. The lowest BCUT2D eigenvalue weighted by Crippen LogP contribution is -2.60. The number of ether oxygens (including phenoxy) is 3. The molecule has 31 heavy (non-hydrogen) atoms. The van der Waals surface area contributed by atoms with Crippen molar-refractivity contribution in [3.8, 4) is 0 Å². The first-order valence-electron chi connectivity index (χ1n) is 9.43. The zero-order valence-corrected chi connectivity index (χ0v) is 18.7. The molecule has 1 fully saturated rings. The number of thioether (sulfide) groups is 1. The Balaban J connectivity index is 2.39. The molecule has 11 nitrogen and oxygen atoms in total. The molecule has 1 rings (SSSR count). The molecule has 1 unspecified atom stereocenters. The third kappa shape index (κ3) is 8.67. The van der Waals surface area contributed by atoms with Gasteiger partial charge in [0.05, 0.1) is 13.7 Å². The summed E-state index contributed by atoms with van der Waals surface area (Å²) in [6.07, 6.45) is 0.694. The Morgan fingerprint density at radius 3 is 2.42 bits per heavy atom. The number of methoxy groups -OCH3 is 1. The summed E-state index contributed by atoms with van der Waals surface area (Å²) < 4.78 is 15.7. The Hall–Kier alpha value is -2.44. The van der Waals surface area contributed by atoms with Crippen LogP contribution in [-0.4, -0.2) is 78.4 Å². The molecule has 3 N–H and O–H groups in total. The van der Waals surface area contributed by atoms with Gasteiger partial charge >= 0.3 is 11.9 Å². The highest BCUT2D eigenvalue weighted by molar-refractivity contribution is 8.14. The molecule has 0 bridgehead atoms. The number of carboxylic acid groups (broad SMARTS) is 1. The van der Waals surface area contributed by atoms with Crippen LogP contribution in [0, 0.1) is 5.41 Å². The van der Waals surface area contributed by atoms with Gasteiger partial charge < -0.3 is 30.0 Å². The molecule has 12 heteroatoms. The highest BCUT2D eigenvalue weighted by Gasteiger charge is 2.51. The maximum absolute atomic E-state index is 12.6. The van der Waals surface area contributed by atoms with E-state index in [1.807, 2.05) is 0 Å². The number of amides is 2. The van der Waals surface area contributed by atoms with Crippen LogP contribution in [0.3, 0.4) is 0 Å². The SMILES string of the molecule is COC(=O)C1(C)OCC(C)(C)[C@H](C(=O)NCCC(=O)NCCSC(=O)/C=C/C(=O)O)O1. The summed E-state index contributed by atoms with van der Waals surface area (Å²) in [6, 6.07) is 0. The van der Waals surface area contributed by atoms with E-state index in [4.69, 9.17) is 14.6 Å². The van der Waals surface area contributed by atoms with Crippen LogP contribution in [0.15, 0.2) is 12.2 Å². The fraction of sp³-hybridized carbons (Fsp3) is 0.632. The first-order chi connectivity index (χ1) is 14.4. The number of carbonyl (C=O) groups is 5. The third-order valence-corrected chi connectivity index (χ3v) is 5.08. The lowest BCUT2D eigenvalue weighted by Gasteiger charge is -2.44. The number of nitrogens with one attached hydrogen (secondary N) is 2. The molecule has 1 aliphatic rings. The quantitative estimate of drug-likeness (QED) is 0.227. The van der Waals surface area contributed by atoms with E-state index in [0.717, 1.165) is 23.9 Å². The second-order valence-corrected chi connectivity index (χ2v) is 8.54. The van der Waals surface area contributed by atoms with Crippen LogP contribution in [-0.2, 0) is 38.2 Å². The monoisotopic (exact) mass is 460 g/mol. The molecule has 1 heterocycles. The molecule has 174 valence electrons. The van der Waals surface area contributed by atoms with E-state index in [1.165, 1.54) is 14.0 Å². The highest BCUT2D eigenvalue weighted by atomic mass is 32.2. The number of esters is 1. The van der Waals surface area contributed by atoms with Gasteiger partial charge in [0.1, 0.15) is 6.10 Å². The minimum Gasteiger partial charge on any atom is -0.478 e. The van der Waals surface area contributed by atoms with Crippen molar-refractivity contribution in [2.45, 2.75) is 39.1 Å². The summed E-state index contributed by atoms with van der Waals surface area (Å²) in [6.45, 7) is 5.23. The maximum atomic E-state index is 12.6. The lowest BCUT2D eigenvalue weighted by atomic mass is 9.85. The van der Waals surface area contributed by atoms with Crippen LogP contribution in [0.2, 0.25) is 0 Å². The number of rotatable bonds is 10. The van der Waals surface area contributed by atoms with Gasteiger partial charge in [-0.2, -0.15) is 0 Å². The zero-order chi connectivity index (χ0) is 23.7. The third-order valence-electron chi connectivity index (χ3n) is 4.25. The average Bonchev–Trinajstić information content (AvgIpc) is 2.70. The van der Waals surface area contributed by atoms with Crippen LogP contribution in [0.25, 0.3) is 0 Å². The standard InChI is InChI=1S/C19H28N2O9S/c1-18(2)11-29-19(3,17(27)28-4)30-15(18)16(26)21-8-7-12(22)20-9-10-31-14(25)6-5-13(23)24/h5-6,15H,7-11H2,1-4H3,(H,20,22)(H,21,26)(H,23,24)/b6-5+/t15-,19?/m0/s1. The Kier molecular flexibility index (Phi) is 10.1. The molecule has 0 aromatic heterocycles. The van der Waals surface area contributed by atoms with Crippen LogP contribution in [0.4, 0.5) is 0 Å². The van der Waals surface area contributed by atoms with E-state index in [0.29, 0.717) is 0 Å². The first-order valence-corrected chi connectivity index (χ1v) is 10.4. The van der Waals surface area contributed by atoms with Crippen molar-refractivity contribution >= 4 is 40.6 Å². The normalized spacial score (nSPS) is 22.5. The van der Waals surface area contributed by atoms with Crippen LogP contribution in [0.1, 0.15) is 27.2 Å². The van der Waals surface area contributed by atoms with Crippen LogP contribution >= 0.6 is 11.8 Å². The number of carboxylic acids is 1. The van der Waals surface area contributed by atoms with Crippen LogP contribution in [0.5, 0.6) is 0 Å². The van der Waals surface area contributed by atoms with E-state index < -0.39 is 40.3 Å². The molecule has 0 saturated carbocycles. The lowest BCUT2D eigenvalue weighted by molar-refractivity contribution is -0.305. The summed E-state index contributed by atoms with van der Waals surface area (Å²) in [5, 5.41) is 13.2. The molecule has 0 aromatic carbocycles. The van der Waals surface area contributed by atoms with Crippen molar-refractivity contribution in [3.63, 3.8) is 0 Å². The second-order valence-electron chi connectivity index (χ2n) is 7.44. The highest BCUT2D eigenvalue weighted by Crippen LogP contribution is 2.35. The average molecular weight is 461 g/mol. The van der Waals surface area contributed by atoms with Gasteiger partial charge in [0.2, 0.25) is 16.9 Å². The van der Waals surface area contributed by atoms with Gasteiger partial charge in [-0.25, -0.2) is 9.59 Å². The molecule has 0 aromatic rings. The molecule has 1 aliphatic heterocycles. The minimum atomic E-state index is -1.70. The Morgan fingerprint density at radius 1 is 1.13 bits per heavy atom. The fourth-order valence-electron chi connectivity index (χ4n) is 2.53. The molecule has 0 spiro atoms. The smallest absolute Gasteiger partial charge is 0.366 e. The Morgan fingerprint density at radius 2 is 1.81 bits per heavy atom. The van der Waals surface area contributed by atoms with Crippen molar-refractivity contribution in [2.75, 3.05) is 32.6 Å².